The molecule has 4 nitrogen and oxygen atoms in total. The van der Waals surface area contributed by atoms with Gasteiger partial charge in [-0.1, -0.05) is 42.0 Å². The van der Waals surface area contributed by atoms with Crippen molar-refractivity contribution in [2.45, 2.75) is 19.3 Å². The molecule has 0 aliphatic carbocycles. The van der Waals surface area contributed by atoms with Crippen molar-refractivity contribution >= 4 is 35.5 Å². The first-order chi connectivity index (χ1) is 13.6. The Hall–Kier alpha value is -2.08. The first-order valence-electron chi connectivity index (χ1n) is 8.94. The lowest BCUT2D eigenvalue weighted by atomic mass is 10.1. The van der Waals surface area contributed by atoms with Crippen molar-refractivity contribution in [1.29, 1.82) is 0 Å². The highest BCUT2D eigenvalue weighted by molar-refractivity contribution is 6.32. The average Bonchev–Trinajstić information content (AvgIpc) is 2.70. The molecule has 0 aromatic heterocycles. The third-order valence-corrected chi connectivity index (χ3v) is 4.44. The molecule has 0 bridgehead atoms. The number of carbonyl (C=O) groups is 1. The lowest BCUT2D eigenvalue weighted by Gasteiger charge is -2.08. The summed E-state index contributed by atoms with van der Waals surface area (Å²) >= 11 is 11.2. The maximum atomic E-state index is 13.6. The third-order valence-electron chi connectivity index (χ3n) is 3.94. The molecule has 0 saturated carbocycles. The highest BCUT2D eigenvalue weighted by Gasteiger charge is 2.03. The van der Waals surface area contributed by atoms with Crippen LogP contribution in [0.25, 0.3) is 6.08 Å². The standard InChI is InChI=1S/C21H22Cl2FNO3/c22-19-15-18(27-14-4-7-17-5-1-2-8-20(17)24)10-9-16(19)6-3-12-25-13-11-21(26)28-23/h1-3,5-6,8-10,15,25H,4,7,11-14H2/b6-3+. The minimum atomic E-state index is -0.467. The summed E-state index contributed by atoms with van der Waals surface area (Å²) in [6.07, 6.45) is 5.33. The quantitative estimate of drug-likeness (QED) is 0.503. The first-order valence-corrected chi connectivity index (χ1v) is 9.63. The molecular weight excluding hydrogens is 404 g/mol. The van der Waals surface area contributed by atoms with Crippen LogP contribution in [0.3, 0.4) is 0 Å². The fourth-order valence-corrected chi connectivity index (χ4v) is 2.80. The van der Waals surface area contributed by atoms with Gasteiger partial charge in [-0.15, -0.1) is 0 Å². The summed E-state index contributed by atoms with van der Waals surface area (Å²) in [5, 5.41) is 3.64. The fraction of sp³-hybridized carbons (Fsp3) is 0.286. The molecule has 2 rings (SSSR count). The van der Waals surface area contributed by atoms with Crippen LogP contribution in [0.15, 0.2) is 48.5 Å². The molecular formula is C21H22Cl2FNO3. The minimum Gasteiger partial charge on any atom is -0.494 e. The van der Waals surface area contributed by atoms with E-state index >= 15 is 0 Å². The lowest BCUT2D eigenvalue weighted by Crippen LogP contribution is -2.18. The summed E-state index contributed by atoms with van der Waals surface area (Å²) in [7, 11) is 0. The van der Waals surface area contributed by atoms with Gasteiger partial charge in [0.1, 0.15) is 23.4 Å². The smallest absolute Gasteiger partial charge is 0.326 e. The molecule has 0 aliphatic heterocycles. The number of hydrogen-bond donors (Lipinski definition) is 1. The van der Waals surface area contributed by atoms with E-state index in [0.717, 1.165) is 5.56 Å². The zero-order chi connectivity index (χ0) is 20.2. The molecule has 0 spiro atoms. The lowest BCUT2D eigenvalue weighted by molar-refractivity contribution is -0.133. The highest BCUT2D eigenvalue weighted by Crippen LogP contribution is 2.24. The Morgan fingerprint density at radius 3 is 2.79 bits per heavy atom. The van der Waals surface area contributed by atoms with Gasteiger partial charge in [-0.05, 0) is 48.2 Å². The summed E-state index contributed by atoms with van der Waals surface area (Å²) in [6, 6.07) is 12.2. The molecule has 0 unspecified atom stereocenters. The number of rotatable bonds is 11. The summed E-state index contributed by atoms with van der Waals surface area (Å²) in [5.41, 5.74) is 1.56. The van der Waals surface area contributed by atoms with Crippen molar-refractivity contribution in [3.8, 4) is 5.75 Å². The second-order valence-corrected chi connectivity index (χ2v) is 6.59. The summed E-state index contributed by atoms with van der Waals surface area (Å²) in [5.74, 6) is 0.0224. The van der Waals surface area contributed by atoms with Crippen molar-refractivity contribution in [3.63, 3.8) is 0 Å². The van der Waals surface area contributed by atoms with E-state index in [1.165, 1.54) is 6.07 Å². The van der Waals surface area contributed by atoms with E-state index in [4.69, 9.17) is 28.2 Å². The van der Waals surface area contributed by atoms with E-state index in [-0.39, 0.29) is 12.2 Å². The van der Waals surface area contributed by atoms with Gasteiger partial charge in [0.25, 0.3) is 0 Å². The zero-order valence-electron chi connectivity index (χ0n) is 15.3. The topological polar surface area (TPSA) is 47.6 Å². The number of carbonyl (C=O) groups excluding carboxylic acids is 1. The molecule has 0 aliphatic rings. The molecule has 0 heterocycles. The molecule has 2 aromatic rings. The molecule has 0 fully saturated rings. The predicted molar refractivity (Wildman–Crippen MR) is 110 cm³/mol. The van der Waals surface area contributed by atoms with Crippen LogP contribution in [0, 0.1) is 5.82 Å². The van der Waals surface area contributed by atoms with Crippen LogP contribution in [-0.4, -0.2) is 25.7 Å². The van der Waals surface area contributed by atoms with E-state index in [0.29, 0.717) is 48.9 Å². The van der Waals surface area contributed by atoms with E-state index < -0.39 is 5.97 Å². The maximum Gasteiger partial charge on any atom is 0.326 e. The van der Waals surface area contributed by atoms with Gasteiger partial charge < -0.3 is 14.3 Å². The van der Waals surface area contributed by atoms with Gasteiger partial charge in [0.05, 0.1) is 18.1 Å². The Balaban J connectivity index is 1.71. The molecule has 7 heteroatoms. The van der Waals surface area contributed by atoms with Crippen molar-refractivity contribution in [2.75, 3.05) is 19.7 Å². The number of halogens is 3. The van der Waals surface area contributed by atoms with E-state index in [1.54, 1.807) is 18.2 Å². The Labute approximate surface area is 174 Å². The Bertz CT molecular complexity index is 799. The van der Waals surface area contributed by atoms with Crippen LogP contribution >= 0.6 is 23.5 Å². The monoisotopic (exact) mass is 425 g/mol. The third kappa shape index (κ3) is 7.89. The van der Waals surface area contributed by atoms with Crippen LogP contribution in [0.2, 0.25) is 5.02 Å². The van der Waals surface area contributed by atoms with Crippen molar-refractivity contribution < 1.29 is 18.2 Å². The van der Waals surface area contributed by atoms with Crippen molar-refractivity contribution in [1.82, 2.24) is 5.32 Å². The first kappa shape index (κ1) is 22.2. The van der Waals surface area contributed by atoms with Crippen LogP contribution in [0.4, 0.5) is 4.39 Å². The molecule has 0 amide bonds. The summed E-state index contributed by atoms with van der Waals surface area (Å²) in [4.78, 5) is 10.9. The van der Waals surface area contributed by atoms with Gasteiger partial charge >= 0.3 is 5.97 Å². The van der Waals surface area contributed by atoms with Crippen LogP contribution < -0.4 is 10.1 Å². The van der Waals surface area contributed by atoms with Gasteiger partial charge in [-0.2, -0.15) is 0 Å². The average molecular weight is 426 g/mol. The van der Waals surface area contributed by atoms with E-state index in [1.807, 2.05) is 30.4 Å². The number of hydrogen-bond acceptors (Lipinski definition) is 4. The van der Waals surface area contributed by atoms with Gasteiger partial charge in [0.2, 0.25) is 0 Å². The molecule has 28 heavy (non-hydrogen) atoms. The molecule has 0 saturated heterocycles. The predicted octanol–water partition coefficient (Wildman–Crippen LogP) is 5.18. The summed E-state index contributed by atoms with van der Waals surface area (Å²) in [6.45, 7) is 1.54. The normalized spacial score (nSPS) is 11.0. The second kappa shape index (κ2) is 12.4. The summed E-state index contributed by atoms with van der Waals surface area (Å²) < 4.78 is 23.3. The molecule has 1 N–H and O–H groups in total. The molecule has 0 atom stereocenters. The SMILES string of the molecule is O=C(CCNC/C=C/c1ccc(OCCCc2ccccc2F)cc1Cl)OCl. The van der Waals surface area contributed by atoms with Gasteiger partial charge in [0.15, 0.2) is 0 Å². The van der Waals surface area contributed by atoms with Crippen molar-refractivity contribution in [3.05, 3.63) is 70.5 Å². The van der Waals surface area contributed by atoms with Gasteiger partial charge in [-0.3, -0.25) is 4.79 Å². The highest BCUT2D eigenvalue weighted by atomic mass is 35.5. The Morgan fingerprint density at radius 1 is 1.21 bits per heavy atom. The molecule has 2 aromatic carbocycles. The van der Waals surface area contributed by atoms with E-state index in [9.17, 15) is 9.18 Å². The number of ether oxygens (including phenoxy) is 1. The van der Waals surface area contributed by atoms with Crippen LogP contribution in [-0.2, 0) is 15.5 Å². The maximum absolute atomic E-state index is 13.6. The van der Waals surface area contributed by atoms with Gasteiger partial charge in [-0.25, -0.2) is 4.39 Å². The van der Waals surface area contributed by atoms with E-state index in [2.05, 4.69) is 9.61 Å². The minimum absolute atomic E-state index is 0.185. The largest absolute Gasteiger partial charge is 0.494 e. The molecule has 150 valence electrons. The van der Waals surface area contributed by atoms with Crippen molar-refractivity contribution in [2.24, 2.45) is 0 Å². The van der Waals surface area contributed by atoms with Crippen LogP contribution in [0.1, 0.15) is 24.0 Å². The van der Waals surface area contributed by atoms with Crippen LogP contribution in [0.5, 0.6) is 5.75 Å². The second-order valence-electron chi connectivity index (χ2n) is 6.03. The number of benzene rings is 2. The Kier molecular flexibility index (Phi) is 9.83. The van der Waals surface area contributed by atoms with Gasteiger partial charge in [0, 0.05) is 13.1 Å². The molecule has 0 radical (unpaired) electrons. The fourth-order valence-electron chi connectivity index (χ4n) is 2.49. The number of aryl methyl sites for hydroxylation is 1. The Morgan fingerprint density at radius 2 is 2.04 bits per heavy atom. The zero-order valence-corrected chi connectivity index (χ0v) is 16.8. The number of nitrogens with one attached hydrogen (secondary N) is 1.